The van der Waals surface area contributed by atoms with Gasteiger partial charge >= 0.3 is 5.97 Å². The molecular formula is C19H17F2NO2. The molecule has 1 atom stereocenters. The highest BCUT2D eigenvalue weighted by Crippen LogP contribution is 2.49. The highest BCUT2D eigenvalue weighted by molar-refractivity contribution is 5.92. The average Bonchev–Trinajstić information content (AvgIpc) is 2.88. The highest BCUT2D eigenvalue weighted by atomic mass is 19.1. The van der Waals surface area contributed by atoms with Gasteiger partial charge in [0.05, 0.1) is 6.20 Å². The van der Waals surface area contributed by atoms with Crippen LogP contribution in [0.15, 0.2) is 42.2 Å². The fourth-order valence-electron chi connectivity index (χ4n) is 3.67. The summed E-state index contributed by atoms with van der Waals surface area (Å²) in [6.07, 6.45) is 3.41. The summed E-state index contributed by atoms with van der Waals surface area (Å²) in [7, 11) is 0. The minimum atomic E-state index is -1.30. The number of pyridine rings is 1. The lowest BCUT2D eigenvalue weighted by atomic mass is 9.73. The molecule has 0 aliphatic heterocycles. The lowest BCUT2D eigenvalue weighted by Gasteiger charge is -2.29. The number of rotatable bonds is 3. The van der Waals surface area contributed by atoms with Crippen LogP contribution in [0.1, 0.15) is 36.5 Å². The molecule has 1 aromatic carbocycles. The molecule has 24 heavy (non-hydrogen) atoms. The number of carboxylic acids is 1. The Balaban J connectivity index is 2.23. The number of halogens is 2. The second-order valence-electron chi connectivity index (χ2n) is 6.12. The predicted octanol–water partition coefficient (Wildman–Crippen LogP) is 4.26. The zero-order valence-electron chi connectivity index (χ0n) is 13.4. The van der Waals surface area contributed by atoms with Gasteiger partial charge in [-0.05, 0) is 66.7 Å². The van der Waals surface area contributed by atoms with Crippen molar-refractivity contribution in [2.75, 3.05) is 0 Å². The van der Waals surface area contributed by atoms with E-state index < -0.39 is 23.0 Å². The van der Waals surface area contributed by atoms with E-state index in [9.17, 15) is 18.7 Å². The lowest BCUT2D eigenvalue weighted by Crippen LogP contribution is -2.35. The Morgan fingerprint density at radius 1 is 1.25 bits per heavy atom. The van der Waals surface area contributed by atoms with Gasteiger partial charge in [0.1, 0.15) is 17.0 Å². The molecule has 0 saturated heterocycles. The van der Waals surface area contributed by atoms with E-state index in [0.29, 0.717) is 35.1 Å². The third-order valence-electron chi connectivity index (χ3n) is 4.99. The summed E-state index contributed by atoms with van der Waals surface area (Å²) in [5, 5.41) is 9.98. The van der Waals surface area contributed by atoms with Crippen molar-refractivity contribution in [3.8, 4) is 0 Å². The molecule has 3 rings (SSSR count). The normalized spacial score (nSPS) is 20.5. The van der Waals surface area contributed by atoms with Crippen LogP contribution in [0, 0.1) is 18.6 Å². The molecule has 5 heteroatoms. The molecule has 0 saturated carbocycles. The van der Waals surface area contributed by atoms with Crippen molar-refractivity contribution in [1.82, 2.24) is 4.98 Å². The molecule has 124 valence electrons. The van der Waals surface area contributed by atoms with Gasteiger partial charge in [-0.25, -0.2) is 8.78 Å². The molecule has 0 unspecified atom stereocenters. The highest BCUT2D eigenvalue weighted by Gasteiger charge is 2.48. The Morgan fingerprint density at radius 3 is 2.67 bits per heavy atom. The third-order valence-corrected chi connectivity index (χ3v) is 4.99. The molecule has 0 bridgehead atoms. The number of benzene rings is 1. The molecule has 2 aromatic rings. The first-order valence-corrected chi connectivity index (χ1v) is 7.68. The third kappa shape index (κ3) is 2.31. The first-order chi connectivity index (χ1) is 11.4. The Morgan fingerprint density at radius 2 is 2.00 bits per heavy atom. The minimum absolute atomic E-state index is 0.310. The maximum Gasteiger partial charge on any atom is 0.318 e. The van der Waals surface area contributed by atoms with E-state index >= 15 is 0 Å². The summed E-state index contributed by atoms with van der Waals surface area (Å²) in [6, 6.07) is 5.85. The van der Waals surface area contributed by atoms with Crippen LogP contribution >= 0.6 is 0 Å². The number of aliphatic carboxylic acids is 1. The maximum atomic E-state index is 14.0. The zero-order valence-corrected chi connectivity index (χ0v) is 13.4. The molecule has 1 N–H and O–H groups in total. The Kier molecular flexibility index (Phi) is 3.95. The quantitative estimate of drug-likeness (QED) is 0.915. The van der Waals surface area contributed by atoms with Crippen molar-refractivity contribution in [3.05, 3.63) is 70.6 Å². The van der Waals surface area contributed by atoms with Gasteiger partial charge < -0.3 is 5.11 Å². The molecule has 1 aliphatic carbocycles. The van der Waals surface area contributed by atoms with Crippen LogP contribution in [0.4, 0.5) is 8.78 Å². The van der Waals surface area contributed by atoms with E-state index in [2.05, 4.69) is 4.98 Å². The molecule has 0 amide bonds. The number of nitrogens with zero attached hydrogens (tertiary/aromatic N) is 1. The number of hydrogen-bond acceptors (Lipinski definition) is 2. The van der Waals surface area contributed by atoms with E-state index in [0.717, 1.165) is 11.8 Å². The Bertz CT molecular complexity index is 860. The van der Waals surface area contributed by atoms with Crippen LogP contribution in [0.3, 0.4) is 0 Å². The number of allylic oxidation sites excluding steroid dienone is 1. The van der Waals surface area contributed by atoms with Gasteiger partial charge in [0, 0.05) is 6.20 Å². The largest absolute Gasteiger partial charge is 0.480 e. The molecule has 1 aliphatic rings. The van der Waals surface area contributed by atoms with E-state index in [1.54, 1.807) is 19.9 Å². The number of carbonyl (C=O) groups is 1. The molecule has 0 fully saturated rings. The number of hydrogen-bond donors (Lipinski definition) is 1. The monoisotopic (exact) mass is 329 g/mol. The standard InChI is InChI=1S/C19H17F2NO2/c1-11-16(4-3-5-17(11)21)19(18(23)24)7-6-15(12(19)2)13-8-14(20)10-22-9-13/h3-5,8-10H,6-7H2,1-2H3,(H,23,24)/t19-/m1/s1. The van der Waals surface area contributed by atoms with Gasteiger partial charge in [-0.3, -0.25) is 9.78 Å². The molecule has 3 nitrogen and oxygen atoms in total. The second kappa shape index (κ2) is 5.82. The van der Waals surface area contributed by atoms with Gasteiger partial charge in [-0.15, -0.1) is 0 Å². The minimum Gasteiger partial charge on any atom is -0.480 e. The average molecular weight is 329 g/mol. The molecule has 1 aromatic heterocycles. The molecule has 0 radical (unpaired) electrons. The Labute approximate surface area is 138 Å². The fourth-order valence-corrected chi connectivity index (χ4v) is 3.67. The predicted molar refractivity (Wildman–Crippen MR) is 86.5 cm³/mol. The molecule has 1 heterocycles. The maximum absolute atomic E-state index is 14.0. The first kappa shape index (κ1) is 16.3. The van der Waals surface area contributed by atoms with Crippen LogP contribution < -0.4 is 0 Å². The molecule has 0 spiro atoms. The second-order valence-corrected chi connectivity index (χ2v) is 6.12. The SMILES string of the molecule is CC1=C(c2cncc(F)c2)CC[C@]1(C(=O)O)c1cccc(F)c1C. The van der Waals surface area contributed by atoms with Crippen LogP contribution in [-0.4, -0.2) is 16.1 Å². The van der Waals surface area contributed by atoms with Crippen molar-refractivity contribution < 1.29 is 18.7 Å². The lowest BCUT2D eigenvalue weighted by molar-refractivity contribution is -0.142. The van der Waals surface area contributed by atoms with E-state index in [1.165, 1.54) is 24.4 Å². The van der Waals surface area contributed by atoms with Crippen LogP contribution in [-0.2, 0) is 10.2 Å². The molecular weight excluding hydrogens is 312 g/mol. The fraction of sp³-hybridized carbons (Fsp3) is 0.263. The number of aromatic nitrogens is 1. The van der Waals surface area contributed by atoms with Crippen LogP contribution in [0.2, 0.25) is 0 Å². The topological polar surface area (TPSA) is 50.2 Å². The van der Waals surface area contributed by atoms with Crippen molar-refractivity contribution in [2.24, 2.45) is 0 Å². The van der Waals surface area contributed by atoms with Crippen molar-refractivity contribution >= 4 is 11.5 Å². The summed E-state index contributed by atoms with van der Waals surface area (Å²) in [5.74, 6) is -1.92. The van der Waals surface area contributed by atoms with Gasteiger partial charge in [-0.2, -0.15) is 0 Å². The van der Waals surface area contributed by atoms with Crippen molar-refractivity contribution in [3.63, 3.8) is 0 Å². The summed E-state index contributed by atoms with van der Waals surface area (Å²) < 4.78 is 27.5. The number of carboxylic acid groups (broad SMARTS) is 1. The Hall–Kier alpha value is -2.56. The first-order valence-electron chi connectivity index (χ1n) is 7.68. The summed E-state index contributed by atoms with van der Waals surface area (Å²) in [5.41, 5.74) is 1.42. The van der Waals surface area contributed by atoms with E-state index in [-0.39, 0.29) is 0 Å². The van der Waals surface area contributed by atoms with Gasteiger partial charge in [0.15, 0.2) is 0 Å². The van der Waals surface area contributed by atoms with Crippen LogP contribution in [0.25, 0.3) is 5.57 Å². The summed E-state index contributed by atoms with van der Waals surface area (Å²) >= 11 is 0. The van der Waals surface area contributed by atoms with Crippen LogP contribution in [0.5, 0.6) is 0 Å². The zero-order chi connectivity index (χ0) is 17.5. The smallest absolute Gasteiger partial charge is 0.318 e. The van der Waals surface area contributed by atoms with Crippen molar-refractivity contribution in [1.29, 1.82) is 0 Å². The summed E-state index contributed by atoms with van der Waals surface area (Å²) in [4.78, 5) is 16.0. The van der Waals surface area contributed by atoms with E-state index in [1.807, 2.05) is 0 Å². The van der Waals surface area contributed by atoms with Crippen molar-refractivity contribution in [2.45, 2.75) is 32.1 Å². The van der Waals surface area contributed by atoms with Gasteiger partial charge in [-0.1, -0.05) is 12.1 Å². The van der Waals surface area contributed by atoms with E-state index in [4.69, 9.17) is 0 Å². The van der Waals surface area contributed by atoms with Gasteiger partial charge in [0.25, 0.3) is 0 Å². The summed E-state index contributed by atoms with van der Waals surface area (Å²) in [6.45, 7) is 3.32. The van der Waals surface area contributed by atoms with Gasteiger partial charge in [0.2, 0.25) is 0 Å².